The fourth-order valence-corrected chi connectivity index (χ4v) is 4.06. The summed E-state index contributed by atoms with van der Waals surface area (Å²) < 4.78 is 5.89. The molecule has 1 aliphatic heterocycles. The highest BCUT2D eigenvalue weighted by Gasteiger charge is 2.16. The van der Waals surface area contributed by atoms with Gasteiger partial charge in [-0.05, 0) is 44.1 Å². The van der Waals surface area contributed by atoms with Crippen molar-refractivity contribution in [2.45, 2.75) is 32.4 Å². The molecule has 1 unspecified atom stereocenters. The minimum Gasteiger partial charge on any atom is -0.492 e. The highest BCUT2D eigenvalue weighted by atomic mass is 16.5. The maximum Gasteiger partial charge on any atom is 0.221 e. The van der Waals surface area contributed by atoms with Crippen LogP contribution in [-0.2, 0) is 4.79 Å². The number of likely N-dealkylation sites (tertiary alicyclic amines) is 1. The van der Waals surface area contributed by atoms with Gasteiger partial charge in [-0.2, -0.15) is 5.10 Å². The summed E-state index contributed by atoms with van der Waals surface area (Å²) >= 11 is 0. The fourth-order valence-electron chi connectivity index (χ4n) is 4.06. The van der Waals surface area contributed by atoms with E-state index in [0.717, 1.165) is 36.5 Å². The predicted molar refractivity (Wildman–Crippen MR) is 129 cm³/mol. The van der Waals surface area contributed by atoms with Crippen molar-refractivity contribution in [2.75, 3.05) is 36.9 Å². The molecule has 174 valence electrons. The Balaban J connectivity index is 1.38. The molecule has 8 nitrogen and oxygen atoms in total. The van der Waals surface area contributed by atoms with Crippen LogP contribution >= 0.6 is 0 Å². The topological polar surface area (TPSA) is 103 Å². The van der Waals surface area contributed by atoms with Crippen LogP contribution in [0.15, 0.2) is 54.7 Å². The van der Waals surface area contributed by atoms with Gasteiger partial charge in [-0.3, -0.25) is 14.8 Å². The summed E-state index contributed by atoms with van der Waals surface area (Å²) in [6.45, 7) is 5.37. The van der Waals surface area contributed by atoms with Crippen LogP contribution in [0.2, 0.25) is 0 Å². The SMILES string of the molecule is CC(=O)Nc1cn[nH]c1-c1ccccc1NC(O)c1ccc(OCCN2CCCCC2)cc1. The van der Waals surface area contributed by atoms with Crippen molar-refractivity contribution in [1.82, 2.24) is 15.1 Å². The Morgan fingerprint density at radius 2 is 1.88 bits per heavy atom. The molecule has 8 heteroatoms. The number of hydrogen-bond acceptors (Lipinski definition) is 6. The van der Waals surface area contributed by atoms with Crippen molar-refractivity contribution in [3.05, 3.63) is 60.3 Å². The smallest absolute Gasteiger partial charge is 0.221 e. The molecule has 1 aliphatic rings. The van der Waals surface area contributed by atoms with Gasteiger partial charge in [0.05, 0.1) is 17.6 Å². The standard InChI is InChI=1S/C25H31N5O3/c1-18(31)27-23-17-26-29-24(23)21-7-3-4-8-22(21)28-25(32)19-9-11-20(12-10-19)33-16-15-30-13-5-2-6-14-30/h3-4,7-12,17,25,28,32H,2,5-6,13-16H2,1H3,(H,26,29)(H,27,31). The fraction of sp³-hybridized carbons (Fsp3) is 0.360. The van der Waals surface area contributed by atoms with Gasteiger partial charge in [0, 0.05) is 30.3 Å². The lowest BCUT2D eigenvalue weighted by atomic mass is 10.1. The lowest BCUT2D eigenvalue weighted by Crippen LogP contribution is -2.33. The molecule has 3 aromatic rings. The Morgan fingerprint density at radius 1 is 1.12 bits per heavy atom. The number of aromatic amines is 1. The number of benzene rings is 2. The van der Waals surface area contributed by atoms with Crippen molar-refractivity contribution in [2.24, 2.45) is 0 Å². The molecule has 1 amide bonds. The number of nitrogens with one attached hydrogen (secondary N) is 3. The van der Waals surface area contributed by atoms with Gasteiger partial charge in [0.2, 0.25) is 5.91 Å². The molecule has 2 heterocycles. The third-order valence-electron chi connectivity index (χ3n) is 5.76. The van der Waals surface area contributed by atoms with Crippen LogP contribution in [0.4, 0.5) is 11.4 Å². The van der Waals surface area contributed by atoms with Crippen molar-refractivity contribution < 1.29 is 14.6 Å². The van der Waals surface area contributed by atoms with E-state index in [4.69, 9.17) is 4.74 Å². The van der Waals surface area contributed by atoms with E-state index in [1.807, 2.05) is 48.5 Å². The minimum absolute atomic E-state index is 0.179. The summed E-state index contributed by atoms with van der Waals surface area (Å²) in [5.74, 6) is 0.613. The quantitative estimate of drug-likeness (QED) is 0.368. The molecule has 1 saturated heterocycles. The second-order valence-corrected chi connectivity index (χ2v) is 8.25. The van der Waals surface area contributed by atoms with E-state index >= 15 is 0 Å². The Bertz CT molecular complexity index is 1040. The molecule has 0 bridgehead atoms. The van der Waals surface area contributed by atoms with Crippen LogP contribution in [0, 0.1) is 0 Å². The van der Waals surface area contributed by atoms with E-state index in [1.54, 1.807) is 6.20 Å². The van der Waals surface area contributed by atoms with Crippen molar-refractivity contribution in [3.63, 3.8) is 0 Å². The van der Waals surface area contributed by atoms with Gasteiger partial charge < -0.3 is 20.5 Å². The normalized spacial score (nSPS) is 15.1. The van der Waals surface area contributed by atoms with Crippen LogP contribution in [0.1, 0.15) is 38.0 Å². The van der Waals surface area contributed by atoms with E-state index < -0.39 is 6.23 Å². The molecule has 0 saturated carbocycles. The molecule has 1 aromatic heterocycles. The van der Waals surface area contributed by atoms with Gasteiger partial charge in [-0.1, -0.05) is 36.8 Å². The molecule has 0 radical (unpaired) electrons. The average molecular weight is 450 g/mol. The van der Waals surface area contributed by atoms with E-state index in [1.165, 1.54) is 26.2 Å². The van der Waals surface area contributed by atoms with Crippen LogP contribution in [0.25, 0.3) is 11.3 Å². The van der Waals surface area contributed by atoms with Crippen molar-refractivity contribution in [1.29, 1.82) is 0 Å². The number of aliphatic hydroxyl groups is 1. The molecule has 0 aliphatic carbocycles. The van der Waals surface area contributed by atoms with Crippen LogP contribution in [0.3, 0.4) is 0 Å². The third-order valence-corrected chi connectivity index (χ3v) is 5.76. The molecule has 4 rings (SSSR count). The molecule has 0 spiro atoms. The molecule has 1 fully saturated rings. The van der Waals surface area contributed by atoms with E-state index in [9.17, 15) is 9.90 Å². The maximum absolute atomic E-state index is 11.5. The number of aromatic nitrogens is 2. The van der Waals surface area contributed by atoms with E-state index in [-0.39, 0.29) is 5.91 Å². The number of para-hydroxylation sites is 1. The van der Waals surface area contributed by atoms with E-state index in [2.05, 4.69) is 25.7 Å². The number of rotatable bonds is 9. The van der Waals surface area contributed by atoms with Gasteiger partial charge in [-0.25, -0.2) is 0 Å². The summed E-state index contributed by atoms with van der Waals surface area (Å²) in [4.78, 5) is 13.9. The number of hydrogen-bond donors (Lipinski definition) is 4. The van der Waals surface area contributed by atoms with Crippen LogP contribution in [-0.4, -0.2) is 52.4 Å². The Hall–Kier alpha value is -3.36. The number of aliphatic hydroxyl groups excluding tert-OH is 1. The monoisotopic (exact) mass is 449 g/mol. The molecular weight excluding hydrogens is 418 g/mol. The second-order valence-electron chi connectivity index (χ2n) is 8.25. The van der Waals surface area contributed by atoms with Crippen molar-refractivity contribution in [3.8, 4) is 17.0 Å². The highest BCUT2D eigenvalue weighted by Crippen LogP contribution is 2.33. The zero-order valence-corrected chi connectivity index (χ0v) is 18.9. The van der Waals surface area contributed by atoms with Gasteiger partial charge >= 0.3 is 0 Å². The van der Waals surface area contributed by atoms with Crippen LogP contribution in [0.5, 0.6) is 5.75 Å². The summed E-state index contributed by atoms with van der Waals surface area (Å²) in [5.41, 5.74) is 3.47. The third kappa shape index (κ3) is 6.12. The zero-order chi connectivity index (χ0) is 23.0. The largest absolute Gasteiger partial charge is 0.492 e. The maximum atomic E-state index is 11.5. The molecule has 1 atom stereocenters. The van der Waals surface area contributed by atoms with Gasteiger partial charge in [0.25, 0.3) is 0 Å². The molecule has 2 aromatic carbocycles. The number of nitrogens with zero attached hydrogens (tertiary/aromatic N) is 2. The first-order valence-corrected chi connectivity index (χ1v) is 11.4. The Morgan fingerprint density at radius 3 is 2.64 bits per heavy atom. The summed E-state index contributed by atoms with van der Waals surface area (Å²) in [5, 5.41) is 23.7. The first-order valence-electron chi connectivity index (χ1n) is 11.4. The second kappa shape index (κ2) is 11.0. The van der Waals surface area contributed by atoms with Crippen molar-refractivity contribution >= 4 is 17.3 Å². The van der Waals surface area contributed by atoms with E-state index in [0.29, 0.717) is 23.7 Å². The van der Waals surface area contributed by atoms with Gasteiger partial charge in [0.15, 0.2) is 6.23 Å². The number of carbonyl (C=O) groups excluding carboxylic acids is 1. The summed E-state index contributed by atoms with van der Waals surface area (Å²) in [6.07, 6.45) is 4.53. The first-order chi connectivity index (χ1) is 16.1. The lowest BCUT2D eigenvalue weighted by molar-refractivity contribution is -0.114. The van der Waals surface area contributed by atoms with Gasteiger partial charge in [0.1, 0.15) is 12.4 Å². The number of ether oxygens (including phenoxy) is 1. The van der Waals surface area contributed by atoms with Gasteiger partial charge in [-0.15, -0.1) is 0 Å². The first kappa shape index (κ1) is 22.8. The highest BCUT2D eigenvalue weighted by molar-refractivity contribution is 5.94. The molecule has 33 heavy (non-hydrogen) atoms. The van der Waals surface area contributed by atoms with Crippen LogP contribution < -0.4 is 15.4 Å². The number of amides is 1. The molecule has 4 N–H and O–H groups in total. The average Bonchev–Trinajstić information content (AvgIpc) is 3.28. The summed E-state index contributed by atoms with van der Waals surface area (Å²) in [7, 11) is 0. The Kier molecular flexibility index (Phi) is 7.59. The number of piperidine rings is 1. The lowest BCUT2D eigenvalue weighted by Gasteiger charge is -2.26. The number of anilines is 2. The minimum atomic E-state index is -0.916. The predicted octanol–water partition coefficient (Wildman–Crippen LogP) is 4.00. The summed E-state index contributed by atoms with van der Waals surface area (Å²) in [6, 6.07) is 15.0. The zero-order valence-electron chi connectivity index (χ0n) is 18.9. The Labute approximate surface area is 194 Å². The number of H-pyrrole nitrogens is 1. The number of carbonyl (C=O) groups is 1. The molecular formula is C25H31N5O3.